The number of ether oxygens (including phenoxy) is 2. The summed E-state index contributed by atoms with van der Waals surface area (Å²) in [6, 6.07) is 13.7. The number of para-hydroxylation sites is 1. The number of halogens is 1. The van der Waals surface area contributed by atoms with Crippen LogP contribution in [0.25, 0.3) is 22.0 Å². The maximum Gasteiger partial charge on any atom is 0.255 e. The van der Waals surface area contributed by atoms with Gasteiger partial charge in [0.05, 0.1) is 11.1 Å². The van der Waals surface area contributed by atoms with Gasteiger partial charge >= 0.3 is 0 Å². The van der Waals surface area contributed by atoms with Crippen LogP contribution in [0.4, 0.5) is 0 Å². The molecule has 0 N–H and O–H groups in total. The molecule has 3 aliphatic heterocycles. The van der Waals surface area contributed by atoms with Crippen molar-refractivity contribution >= 4 is 28.4 Å². The molecule has 1 aromatic heterocycles. The first-order valence-electron chi connectivity index (χ1n) is 11.7. The Morgan fingerprint density at radius 2 is 1.85 bits per heavy atom. The van der Waals surface area contributed by atoms with E-state index in [-0.39, 0.29) is 18.7 Å². The van der Waals surface area contributed by atoms with E-state index in [4.69, 9.17) is 21.1 Å². The Bertz CT molecular complexity index is 1220. The summed E-state index contributed by atoms with van der Waals surface area (Å²) >= 11 is 6.76. The minimum atomic E-state index is 0.0323. The van der Waals surface area contributed by atoms with Crippen LogP contribution >= 0.6 is 11.6 Å². The fourth-order valence-corrected chi connectivity index (χ4v) is 5.71. The molecule has 1 amide bonds. The number of hydrogen-bond donors (Lipinski definition) is 0. The zero-order chi connectivity index (χ0) is 22.4. The summed E-state index contributed by atoms with van der Waals surface area (Å²) in [6.07, 6.45) is 4.57. The smallest absolute Gasteiger partial charge is 0.255 e. The average molecular weight is 464 g/mol. The first-order valence-corrected chi connectivity index (χ1v) is 12.1. The van der Waals surface area contributed by atoms with Gasteiger partial charge in [0.2, 0.25) is 6.79 Å². The fourth-order valence-electron chi connectivity index (χ4n) is 5.42. The maximum atomic E-state index is 14.2. The third-order valence-electron chi connectivity index (χ3n) is 7.03. The molecule has 6 rings (SSSR count). The summed E-state index contributed by atoms with van der Waals surface area (Å²) in [5, 5.41) is 1.15. The van der Waals surface area contributed by atoms with Gasteiger partial charge in [0, 0.05) is 30.1 Å². The van der Waals surface area contributed by atoms with Crippen molar-refractivity contribution in [1.82, 2.24) is 14.8 Å². The summed E-state index contributed by atoms with van der Waals surface area (Å²) in [4.78, 5) is 23.4. The molecule has 3 aliphatic rings. The van der Waals surface area contributed by atoms with Gasteiger partial charge in [0.15, 0.2) is 11.5 Å². The summed E-state index contributed by atoms with van der Waals surface area (Å²) in [5.41, 5.74) is 2.81. The Morgan fingerprint density at radius 1 is 1.03 bits per heavy atom. The first kappa shape index (κ1) is 20.8. The molecule has 1 unspecified atom stereocenters. The Morgan fingerprint density at radius 3 is 2.73 bits per heavy atom. The van der Waals surface area contributed by atoms with Crippen LogP contribution in [0.1, 0.15) is 36.0 Å². The van der Waals surface area contributed by atoms with Crippen LogP contribution in [-0.4, -0.2) is 59.7 Å². The number of carbonyl (C=O) groups is 1. The van der Waals surface area contributed by atoms with Crippen LogP contribution in [0.5, 0.6) is 11.5 Å². The second kappa shape index (κ2) is 8.50. The van der Waals surface area contributed by atoms with E-state index >= 15 is 0 Å². The van der Waals surface area contributed by atoms with Gasteiger partial charge < -0.3 is 19.3 Å². The van der Waals surface area contributed by atoms with E-state index in [0.29, 0.717) is 27.8 Å². The highest BCUT2D eigenvalue weighted by molar-refractivity contribution is 6.34. The van der Waals surface area contributed by atoms with Gasteiger partial charge in [-0.1, -0.05) is 35.9 Å². The van der Waals surface area contributed by atoms with E-state index in [9.17, 15) is 4.79 Å². The quantitative estimate of drug-likeness (QED) is 0.510. The van der Waals surface area contributed by atoms with Crippen molar-refractivity contribution in [2.75, 3.05) is 33.0 Å². The van der Waals surface area contributed by atoms with Crippen LogP contribution in [0.15, 0.2) is 42.5 Å². The van der Waals surface area contributed by atoms with E-state index < -0.39 is 0 Å². The van der Waals surface area contributed by atoms with Crippen molar-refractivity contribution in [2.24, 2.45) is 0 Å². The van der Waals surface area contributed by atoms with Crippen LogP contribution in [0.2, 0.25) is 5.15 Å². The van der Waals surface area contributed by atoms with Gasteiger partial charge in [-0.3, -0.25) is 4.79 Å². The Labute approximate surface area is 198 Å². The topological polar surface area (TPSA) is 54.9 Å². The normalized spacial score (nSPS) is 20.2. The number of likely N-dealkylation sites (tertiary alicyclic amines) is 2. The van der Waals surface area contributed by atoms with E-state index in [0.717, 1.165) is 55.5 Å². The molecule has 7 heteroatoms. The zero-order valence-electron chi connectivity index (χ0n) is 18.4. The van der Waals surface area contributed by atoms with E-state index in [1.54, 1.807) is 0 Å². The monoisotopic (exact) mass is 463 g/mol. The molecule has 1 atom stereocenters. The summed E-state index contributed by atoms with van der Waals surface area (Å²) < 4.78 is 11.1. The second-order valence-electron chi connectivity index (χ2n) is 9.04. The third-order valence-corrected chi connectivity index (χ3v) is 7.30. The highest BCUT2D eigenvalue weighted by Crippen LogP contribution is 2.41. The van der Waals surface area contributed by atoms with E-state index in [1.165, 1.54) is 12.8 Å². The lowest BCUT2D eigenvalue weighted by atomic mass is 9.96. The van der Waals surface area contributed by atoms with Gasteiger partial charge in [-0.2, -0.15) is 0 Å². The highest BCUT2D eigenvalue weighted by atomic mass is 35.5. The van der Waals surface area contributed by atoms with Crippen molar-refractivity contribution in [1.29, 1.82) is 0 Å². The number of amides is 1. The standard InChI is InChI=1S/C26H26ClN3O3/c27-25-23(17-9-10-21-22(14-17)33-16-32-21)24(19-7-1-2-8-20(19)28-25)26(31)30-13-5-6-18(30)15-29-11-3-4-12-29/h1-2,7-10,14,18H,3-6,11-13,15-16H2. The second-order valence-corrected chi connectivity index (χ2v) is 9.40. The molecule has 33 heavy (non-hydrogen) atoms. The summed E-state index contributed by atoms with van der Waals surface area (Å²) in [6.45, 7) is 4.17. The molecule has 3 aromatic rings. The molecule has 6 nitrogen and oxygen atoms in total. The predicted octanol–water partition coefficient (Wildman–Crippen LogP) is 4.98. The predicted molar refractivity (Wildman–Crippen MR) is 128 cm³/mol. The van der Waals surface area contributed by atoms with Crippen LogP contribution < -0.4 is 9.47 Å². The summed E-state index contributed by atoms with van der Waals surface area (Å²) in [5.74, 6) is 1.38. The minimum absolute atomic E-state index is 0.0323. The number of nitrogens with zero attached hydrogens (tertiary/aromatic N) is 3. The Kier molecular flexibility index (Phi) is 5.35. The largest absolute Gasteiger partial charge is 0.454 e. The number of rotatable bonds is 4. The molecule has 0 bridgehead atoms. The van der Waals surface area contributed by atoms with Crippen molar-refractivity contribution in [3.63, 3.8) is 0 Å². The Hall–Kier alpha value is -2.83. The minimum Gasteiger partial charge on any atom is -0.454 e. The molecule has 170 valence electrons. The number of benzene rings is 2. The number of hydrogen-bond acceptors (Lipinski definition) is 5. The van der Waals surface area contributed by atoms with Crippen molar-refractivity contribution in [2.45, 2.75) is 31.7 Å². The zero-order valence-corrected chi connectivity index (χ0v) is 19.2. The van der Waals surface area contributed by atoms with Gasteiger partial charge in [0.25, 0.3) is 5.91 Å². The SMILES string of the molecule is O=C(c1c(-c2ccc3c(c2)OCO3)c(Cl)nc2ccccc12)N1CCCC1CN1CCCC1. The van der Waals surface area contributed by atoms with Crippen LogP contribution in [-0.2, 0) is 0 Å². The first-order chi connectivity index (χ1) is 16.2. The third kappa shape index (κ3) is 3.71. The van der Waals surface area contributed by atoms with Crippen LogP contribution in [0, 0.1) is 0 Å². The van der Waals surface area contributed by atoms with Gasteiger partial charge in [-0.15, -0.1) is 0 Å². The molecule has 2 saturated heterocycles. The highest BCUT2D eigenvalue weighted by Gasteiger charge is 2.34. The number of carbonyl (C=O) groups excluding carboxylic acids is 1. The van der Waals surface area contributed by atoms with Crippen molar-refractivity contribution in [3.05, 3.63) is 53.2 Å². The van der Waals surface area contributed by atoms with E-state index in [2.05, 4.69) is 14.8 Å². The Balaban J connectivity index is 1.46. The van der Waals surface area contributed by atoms with Crippen molar-refractivity contribution in [3.8, 4) is 22.6 Å². The number of aromatic nitrogens is 1. The number of pyridine rings is 1. The molecule has 4 heterocycles. The molecule has 0 aliphatic carbocycles. The molecule has 0 saturated carbocycles. The maximum absolute atomic E-state index is 14.2. The van der Waals surface area contributed by atoms with Crippen molar-refractivity contribution < 1.29 is 14.3 Å². The number of fused-ring (bicyclic) bond motifs is 2. The van der Waals surface area contributed by atoms with Crippen LogP contribution in [0.3, 0.4) is 0 Å². The van der Waals surface area contributed by atoms with E-state index in [1.807, 2.05) is 42.5 Å². The molecular formula is C26H26ClN3O3. The molecule has 2 fully saturated rings. The average Bonchev–Trinajstić information content (AvgIpc) is 3.59. The lowest BCUT2D eigenvalue weighted by Crippen LogP contribution is -2.42. The molecular weight excluding hydrogens is 438 g/mol. The van der Waals surface area contributed by atoms with Gasteiger partial charge in [-0.25, -0.2) is 4.98 Å². The fraction of sp³-hybridized carbons (Fsp3) is 0.385. The molecule has 2 aromatic carbocycles. The van der Waals surface area contributed by atoms with Gasteiger partial charge in [-0.05, 0) is 62.5 Å². The van der Waals surface area contributed by atoms with Gasteiger partial charge in [0.1, 0.15) is 5.15 Å². The lowest BCUT2D eigenvalue weighted by Gasteiger charge is -2.29. The lowest BCUT2D eigenvalue weighted by molar-refractivity contribution is 0.0711. The molecule has 0 spiro atoms. The molecule has 0 radical (unpaired) electrons. The summed E-state index contributed by atoms with van der Waals surface area (Å²) in [7, 11) is 0.